The second kappa shape index (κ2) is 10.9. The summed E-state index contributed by atoms with van der Waals surface area (Å²) in [7, 11) is 0. The van der Waals surface area contributed by atoms with Gasteiger partial charge in [0.05, 0.1) is 5.84 Å². The lowest BCUT2D eigenvalue weighted by atomic mass is 9.99. The molecule has 0 bridgehead atoms. The normalized spacial score (nSPS) is 14.2. The highest BCUT2D eigenvalue weighted by Crippen LogP contribution is 2.25. The van der Waals surface area contributed by atoms with Crippen LogP contribution in [-0.4, -0.2) is 28.4 Å². The molecule has 4 nitrogen and oxygen atoms in total. The first-order valence-electron chi connectivity index (χ1n) is 12.5. The van der Waals surface area contributed by atoms with Crippen molar-refractivity contribution in [2.75, 3.05) is 13.1 Å². The number of hydrogen-bond acceptors (Lipinski definition) is 2. The van der Waals surface area contributed by atoms with E-state index in [-0.39, 0.29) is 0 Å². The van der Waals surface area contributed by atoms with Gasteiger partial charge in [0, 0.05) is 41.3 Å². The first-order valence-corrected chi connectivity index (χ1v) is 12.5. The molecule has 0 aliphatic carbocycles. The van der Waals surface area contributed by atoms with Crippen LogP contribution in [0.3, 0.4) is 0 Å². The van der Waals surface area contributed by atoms with Crippen LogP contribution in [0, 0.1) is 26.2 Å². The van der Waals surface area contributed by atoms with Crippen molar-refractivity contribution in [3.63, 3.8) is 0 Å². The summed E-state index contributed by atoms with van der Waals surface area (Å²) >= 11 is 0. The highest BCUT2D eigenvalue weighted by atomic mass is 15.1. The minimum atomic E-state index is 0.510. The highest BCUT2D eigenvalue weighted by molar-refractivity contribution is 5.88. The number of amidine groups is 1. The lowest BCUT2D eigenvalue weighted by molar-refractivity contribution is 0.221. The zero-order valence-corrected chi connectivity index (χ0v) is 21.0. The Kier molecular flexibility index (Phi) is 7.69. The van der Waals surface area contributed by atoms with Gasteiger partial charge in [-0.2, -0.15) is 0 Å². The molecule has 3 aromatic rings. The molecule has 2 N–H and O–H groups in total. The lowest BCUT2D eigenvalue weighted by Crippen LogP contribution is -2.29. The summed E-state index contributed by atoms with van der Waals surface area (Å²) < 4.78 is 2.24. The van der Waals surface area contributed by atoms with Gasteiger partial charge in [0.2, 0.25) is 0 Å². The Hall–Kier alpha value is -3.11. The van der Waals surface area contributed by atoms with E-state index in [1.807, 2.05) is 6.07 Å². The van der Waals surface area contributed by atoms with Gasteiger partial charge in [-0.15, -0.1) is 0 Å². The maximum atomic E-state index is 8.56. The molecule has 2 aromatic carbocycles. The summed E-state index contributed by atoms with van der Waals surface area (Å²) in [5.74, 6) is 0.510. The smallest absolute Gasteiger partial charge is 0.0979 e. The Bertz CT molecular complexity index is 1150. The molecule has 0 atom stereocenters. The van der Waals surface area contributed by atoms with Gasteiger partial charge in [-0.1, -0.05) is 49.4 Å². The largest absolute Gasteiger partial charge is 0.344 e. The molecule has 1 aromatic heterocycles. The molecular weight excluding hydrogens is 416 g/mol. The molecule has 0 saturated carbocycles. The third-order valence-electron chi connectivity index (χ3n) is 6.99. The maximum absolute atomic E-state index is 8.56. The first-order chi connectivity index (χ1) is 16.4. The van der Waals surface area contributed by atoms with E-state index in [1.54, 1.807) is 0 Å². The number of nitrogens with zero attached hydrogens (tertiary/aromatic N) is 2. The molecule has 4 heteroatoms. The standard InChI is InChI=1S/C30H38N4/c1-22-13-14-26(21-33-17-9-6-10-18-33)20-27(22)15-16-30(31)32-24(3)29-19-23(2)34(25(29)4)28-11-7-5-8-12-28/h5,7-8,11-14,19-20H,3,6,9-10,15-18,21H2,1-2,4H3,(H2,31,32). The van der Waals surface area contributed by atoms with Crippen LogP contribution in [0.2, 0.25) is 0 Å². The molecule has 178 valence electrons. The molecule has 1 aliphatic heterocycles. The van der Waals surface area contributed by atoms with Crippen LogP contribution >= 0.6 is 0 Å². The van der Waals surface area contributed by atoms with Crippen molar-refractivity contribution in [1.82, 2.24) is 14.8 Å². The zero-order valence-electron chi connectivity index (χ0n) is 21.0. The fourth-order valence-electron chi connectivity index (χ4n) is 5.08. The third-order valence-corrected chi connectivity index (χ3v) is 6.99. The Balaban J connectivity index is 1.37. The second-order valence-corrected chi connectivity index (χ2v) is 9.64. The number of piperidine rings is 1. The molecule has 2 heterocycles. The molecule has 0 radical (unpaired) electrons. The van der Waals surface area contributed by atoms with E-state index in [2.05, 4.69) is 90.7 Å². The number of aromatic nitrogens is 1. The van der Waals surface area contributed by atoms with Gasteiger partial charge in [0.25, 0.3) is 0 Å². The van der Waals surface area contributed by atoms with E-state index in [4.69, 9.17) is 5.41 Å². The van der Waals surface area contributed by atoms with Crippen molar-refractivity contribution in [2.24, 2.45) is 0 Å². The quantitative estimate of drug-likeness (QED) is 0.299. The van der Waals surface area contributed by atoms with Crippen molar-refractivity contribution in [1.29, 1.82) is 5.41 Å². The number of para-hydroxylation sites is 1. The van der Waals surface area contributed by atoms with E-state index in [9.17, 15) is 0 Å². The summed E-state index contributed by atoms with van der Waals surface area (Å²) in [6, 6.07) is 19.4. The van der Waals surface area contributed by atoms with Gasteiger partial charge in [-0.05, 0) is 88.0 Å². The summed E-state index contributed by atoms with van der Waals surface area (Å²) in [6.45, 7) is 14.1. The number of aryl methyl sites for hydroxylation is 3. The lowest BCUT2D eigenvalue weighted by Gasteiger charge is -2.26. The van der Waals surface area contributed by atoms with Gasteiger partial charge >= 0.3 is 0 Å². The number of hydrogen-bond donors (Lipinski definition) is 2. The van der Waals surface area contributed by atoms with Gasteiger partial charge in [-0.3, -0.25) is 10.3 Å². The van der Waals surface area contributed by atoms with E-state index in [0.29, 0.717) is 12.3 Å². The van der Waals surface area contributed by atoms with Crippen LogP contribution < -0.4 is 5.32 Å². The van der Waals surface area contributed by atoms with Crippen molar-refractivity contribution >= 4 is 11.5 Å². The monoisotopic (exact) mass is 454 g/mol. The average Bonchev–Trinajstić information content (AvgIpc) is 3.14. The van der Waals surface area contributed by atoms with Crippen LogP contribution in [0.4, 0.5) is 0 Å². The average molecular weight is 455 g/mol. The topological polar surface area (TPSA) is 44.1 Å². The Morgan fingerprint density at radius 1 is 0.971 bits per heavy atom. The third kappa shape index (κ3) is 5.68. The highest BCUT2D eigenvalue weighted by Gasteiger charge is 2.15. The summed E-state index contributed by atoms with van der Waals surface area (Å²) in [5, 5.41) is 11.8. The van der Waals surface area contributed by atoms with Crippen molar-refractivity contribution in [3.8, 4) is 5.69 Å². The van der Waals surface area contributed by atoms with Crippen molar-refractivity contribution in [2.45, 2.75) is 59.4 Å². The Morgan fingerprint density at radius 2 is 1.71 bits per heavy atom. The number of nitrogens with one attached hydrogen (secondary N) is 2. The van der Waals surface area contributed by atoms with Crippen LogP contribution in [0.1, 0.15) is 59.3 Å². The molecule has 0 amide bonds. The van der Waals surface area contributed by atoms with E-state index >= 15 is 0 Å². The van der Waals surface area contributed by atoms with Gasteiger partial charge in [-0.25, -0.2) is 0 Å². The van der Waals surface area contributed by atoms with Gasteiger partial charge < -0.3 is 9.88 Å². The van der Waals surface area contributed by atoms with E-state index in [0.717, 1.165) is 41.3 Å². The molecule has 1 fully saturated rings. The minimum absolute atomic E-state index is 0.510. The molecule has 0 spiro atoms. The SMILES string of the molecule is C=C(NC(=N)CCc1cc(CN2CCCCC2)ccc1C)c1cc(C)n(-c2ccccc2)c1C. The van der Waals surface area contributed by atoms with Gasteiger partial charge in [0.1, 0.15) is 0 Å². The molecular formula is C30H38N4. The Labute approximate surface area is 204 Å². The molecule has 1 aliphatic rings. The minimum Gasteiger partial charge on any atom is -0.344 e. The zero-order chi connectivity index (χ0) is 24.1. The van der Waals surface area contributed by atoms with Crippen LogP contribution in [0.15, 0.2) is 61.2 Å². The van der Waals surface area contributed by atoms with Crippen molar-refractivity contribution < 1.29 is 0 Å². The summed E-state index contributed by atoms with van der Waals surface area (Å²) in [5.41, 5.74) is 9.33. The van der Waals surface area contributed by atoms with E-state index < -0.39 is 0 Å². The molecule has 0 unspecified atom stereocenters. The van der Waals surface area contributed by atoms with Crippen LogP contribution in [0.5, 0.6) is 0 Å². The number of benzene rings is 2. The fourth-order valence-corrected chi connectivity index (χ4v) is 5.08. The number of rotatable bonds is 8. The first kappa shape index (κ1) is 24.0. The summed E-state index contributed by atoms with van der Waals surface area (Å²) in [6.07, 6.45) is 5.54. The Morgan fingerprint density at radius 3 is 2.44 bits per heavy atom. The van der Waals surface area contributed by atoms with Crippen LogP contribution in [0.25, 0.3) is 11.4 Å². The summed E-state index contributed by atoms with van der Waals surface area (Å²) in [4.78, 5) is 2.57. The van der Waals surface area contributed by atoms with Gasteiger partial charge in [0.15, 0.2) is 0 Å². The molecule has 1 saturated heterocycles. The van der Waals surface area contributed by atoms with E-state index in [1.165, 1.54) is 49.0 Å². The predicted octanol–water partition coefficient (Wildman–Crippen LogP) is 6.56. The number of likely N-dealkylation sites (tertiary alicyclic amines) is 1. The molecule has 34 heavy (non-hydrogen) atoms. The second-order valence-electron chi connectivity index (χ2n) is 9.64. The fraction of sp³-hybridized carbons (Fsp3) is 0.367. The van der Waals surface area contributed by atoms with Crippen molar-refractivity contribution in [3.05, 3.63) is 94.8 Å². The maximum Gasteiger partial charge on any atom is 0.0979 e. The van der Waals surface area contributed by atoms with Crippen LogP contribution in [-0.2, 0) is 13.0 Å². The predicted molar refractivity (Wildman–Crippen MR) is 144 cm³/mol. The molecule has 4 rings (SSSR count).